The summed E-state index contributed by atoms with van der Waals surface area (Å²) in [5.41, 5.74) is 5.77. The highest BCUT2D eigenvalue weighted by molar-refractivity contribution is 5.95. The van der Waals surface area contributed by atoms with Gasteiger partial charge in [-0.25, -0.2) is 4.79 Å². The van der Waals surface area contributed by atoms with Crippen molar-refractivity contribution in [1.29, 1.82) is 0 Å². The number of carbonyl (C=O) groups is 5. The number of aliphatic carboxylic acids is 2. The summed E-state index contributed by atoms with van der Waals surface area (Å²) in [6, 6.07) is -4.35. The van der Waals surface area contributed by atoms with Crippen LogP contribution in [-0.4, -0.2) is 75.5 Å². The fourth-order valence-electron chi connectivity index (χ4n) is 3.19. The lowest BCUT2D eigenvalue weighted by Crippen LogP contribution is -2.56. The van der Waals surface area contributed by atoms with Crippen LogP contribution in [0.25, 0.3) is 0 Å². The van der Waals surface area contributed by atoms with E-state index in [-0.39, 0.29) is 12.5 Å². The van der Waals surface area contributed by atoms with E-state index < -0.39 is 60.2 Å². The van der Waals surface area contributed by atoms with Crippen molar-refractivity contribution in [3.63, 3.8) is 0 Å². The number of nitrogens with zero attached hydrogens (tertiary/aromatic N) is 1. The molecule has 164 valence electrons. The number of carbonyl (C=O) groups excluding carboxylic acids is 3. The Hall–Kier alpha value is -2.69. The van der Waals surface area contributed by atoms with Crippen molar-refractivity contribution in [1.82, 2.24) is 15.5 Å². The second-order valence-electron chi connectivity index (χ2n) is 7.65. The van der Waals surface area contributed by atoms with Crippen LogP contribution in [0.4, 0.5) is 0 Å². The summed E-state index contributed by atoms with van der Waals surface area (Å²) in [4.78, 5) is 60.7. The lowest BCUT2D eigenvalue weighted by atomic mass is 10.0. The number of nitrogens with two attached hydrogens (primary N) is 1. The third-order valence-corrected chi connectivity index (χ3v) is 4.62. The van der Waals surface area contributed by atoms with Gasteiger partial charge in [-0.05, 0) is 32.1 Å². The molecular weight excluding hydrogens is 384 g/mol. The topological polar surface area (TPSA) is 179 Å². The third kappa shape index (κ3) is 7.33. The highest BCUT2D eigenvalue weighted by Crippen LogP contribution is 2.18. The number of amides is 3. The van der Waals surface area contributed by atoms with Crippen LogP contribution in [-0.2, 0) is 24.0 Å². The van der Waals surface area contributed by atoms with Crippen LogP contribution in [0.2, 0.25) is 0 Å². The van der Waals surface area contributed by atoms with E-state index in [1.165, 1.54) is 11.8 Å². The summed E-state index contributed by atoms with van der Waals surface area (Å²) in [6.07, 6.45) is 0.532. The van der Waals surface area contributed by atoms with Crippen LogP contribution in [0.5, 0.6) is 0 Å². The minimum absolute atomic E-state index is 0.128. The standard InChI is InChI=1S/C18H30N4O7/c1-9(2)7-11(19)15(25)21-12(8-14(23)24)16(26)20-10(3)17(27)22-6-4-5-13(22)18(28)29/h9-13H,4-8,19H2,1-3H3,(H,20,26)(H,21,25)(H,23,24)(H,28,29). The Morgan fingerprint density at radius 2 is 1.69 bits per heavy atom. The first-order valence-corrected chi connectivity index (χ1v) is 9.55. The quantitative estimate of drug-likeness (QED) is 0.299. The lowest BCUT2D eigenvalue weighted by Gasteiger charge is -2.27. The van der Waals surface area contributed by atoms with Crippen LogP contribution in [0.15, 0.2) is 0 Å². The molecule has 11 nitrogen and oxygen atoms in total. The molecule has 3 amide bonds. The van der Waals surface area contributed by atoms with Crippen molar-refractivity contribution in [3.8, 4) is 0 Å². The number of hydrogen-bond acceptors (Lipinski definition) is 6. The Kier molecular flexibility index (Phi) is 9.02. The van der Waals surface area contributed by atoms with Crippen molar-refractivity contribution in [2.45, 2.75) is 70.6 Å². The number of hydrogen-bond donors (Lipinski definition) is 5. The van der Waals surface area contributed by atoms with Crippen molar-refractivity contribution in [2.24, 2.45) is 11.7 Å². The second kappa shape index (κ2) is 10.7. The molecule has 4 atom stereocenters. The summed E-state index contributed by atoms with van der Waals surface area (Å²) in [7, 11) is 0. The fourth-order valence-corrected chi connectivity index (χ4v) is 3.19. The van der Waals surface area contributed by atoms with Crippen LogP contribution in [0.1, 0.15) is 46.5 Å². The molecule has 6 N–H and O–H groups in total. The van der Waals surface area contributed by atoms with Crippen LogP contribution in [0, 0.1) is 5.92 Å². The molecule has 1 fully saturated rings. The Labute approximate surface area is 169 Å². The highest BCUT2D eigenvalue weighted by Gasteiger charge is 2.37. The Morgan fingerprint density at radius 1 is 1.07 bits per heavy atom. The zero-order valence-corrected chi connectivity index (χ0v) is 16.9. The van der Waals surface area contributed by atoms with E-state index in [9.17, 15) is 29.1 Å². The van der Waals surface area contributed by atoms with Gasteiger partial charge in [0.2, 0.25) is 17.7 Å². The van der Waals surface area contributed by atoms with Crippen molar-refractivity contribution in [2.75, 3.05) is 6.54 Å². The minimum Gasteiger partial charge on any atom is -0.481 e. The minimum atomic E-state index is -1.41. The normalized spacial score (nSPS) is 19.3. The molecule has 29 heavy (non-hydrogen) atoms. The third-order valence-electron chi connectivity index (χ3n) is 4.62. The number of carboxylic acid groups (broad SMARTS) is 2. The van der Waals surface area contributed by atoms with Crippen LogP contribution in [0.3, 0.4) is 0 Å². The van der Waals surface area contributed by atoms with Gasteiger partial charge in [-0.15, -0.1) is 0 Å². The Morgan fingerprint density at radius 3 is 2.21 bits per heavy atom. The Balaban J connectivity index is 2.78. The van der Waals surface area contributed by atoms with Crippen molar-refractivity contribution in [3.05, 3.63) is 0 Å². The zero-order valence-electron chi connectivity index (χ0n) is 16.9. The molecule has 4 unspecified atom stereocenters. The van der Waals surface area contributed by atoms with Crippen LogP contribution >= 0.6 is 0 Å². The molecule has 0 aromatic rings. The van der Waals surface area contributed by atoms with Gasteiger partial charge in [0.15, 0.2) is 0 Å². The molecule has 1 heterocycles. The first-order chi connectivity index (χ1) is 13.4. The molecule has 0 aromatic heterocycles. The molecule has 11 heteroatoms. The molecule has 0 spiro atoms. The average molecular weight is 414 g/mol. The van der Waals surface area contributed by atoms with E-state index in [0.717, 1.165) is 0 Å². The molecule has 1 saturated heterocycles. The highest BCUT2D eigenvalue weighted by atomic mass is 16.4. The van der Waals surface area contributed by atoms with E-state index in [4.69, 9.17) is 10.8 Å². The van der Waals surface area contributed by atoms with Crippen molar-refractivity contribution >= 4 is 29.7 Å². The van der Waals surface area contributed by atoms with E-state index in [0.29, 0.717) is 19.3 Å². The maximum atomic E-state index is 12.5. The summed E-state index contributed by atoms with van der Waals surface area (Å²) >= 11 is 0. The molecule has 0 aliphatic carbocycles. The maximum absolute atomic E-state index is 12.5. The van der Waals surface area contributed by atoms with Gasteiger partial charge in [-0.3, -0.25) is 19.2 Å². The van der Waals surface area contributed by atoms with Gasteiger partial charge in [0, 0.05) is 6.54 Å². The number of nitrogens with one attached hydrogen (secondary N) is 2. The van der Waals surface area contributed by atoms with E-state index in [1.807, 2.05) is 13.8 Å². The van der Waals surface area contributed by atoms with Gasteiger partial charge in [0.25, 0.3) is 0 Å². The smallest absolute Gasteiger partial charge is 0.326 e. The van der Waals surface area contributed by atoms with E-state index in [1.54, 1.807) is 0 Å². The fraction of sp³-hybridized carbons (Fsp3) is 0.722. The molecule has 0 radical (unpaired) electrons. The lowest BCUT2D eigenvalue weighted by molar-refractivity contribution is -0.149. The van der Waals surface area contributed by atoms with E-state index in [2.05, 4.69) is 10.6 Å². The zero-order chi connectivity index (χ0) is 22.3. The monoisotopic (exact) mass is 414 g/mol. The van der Waals surface area contributed by atoms with Gasteiger partial charge in [-0.1, -0.05) is 13.8 Å². The largest absolute Gasteiger partial charge is 0.481 e. The number of likely N-dealkylation sites (tertiary alicyclic amines) is 1. The summed E-state index contributed by atoms with van der Waals surface area (Å²) in [5.74, 6) is -4.41. The molecule has 0 saturated carbocycles. The molecule has 1 rings (SSSR count). The van der Waals surface area contributed by atoms with Gasteiger partial charge < -0.3 is 31.5 Å². The second-order valence-corrected chi connectivity index (χ2v) is 7.65. The van der Waals surface area contributed by atoms with Gasteiger partial charge >= 0.3 is 11.9 Å². The van der Waals surface area contributed by atoms with Crippen LogP contribution < -0.4 is 16.4 Å². The first kappa shape index (κ1) is 24.3. The van der Waals surface area contributed by atoms with E-state index >= 15 is 0 Å². The molecule has 0 aromatic carbocycles. The van der Waals surface area contributed by atoms with Crippen molar-refractivity contribution < 1.29 is 34.2 Å². The molecule has 1 aliphatic rings. The summed E-state index contributed by atoms with van der Waals surface area (Å²) in [6.45, 7) is 5.37. The number of rotatable bonds is 10. The summed E-state index contributed by atoms with van der Waals surface area (Å²) in [5, 5.41) is 22.9. The average Bonchev–Trinajstić information content (AvgIpc) is 3.09. The first-order valence-electron chi connectivity index (χ1n) is 9.55. The molecule has 0 bridgehead atoms. The molecule has 1 aliphatic heterocycles. The van der Waals surface area contributed by atoms with Gasteiger partial charge in [-0.2, -0.15) is 0 Å². The maximum Gasteiger partial charge on any atom is 0.326 e. The predicted molar refractivity (Wildman–Crippen MR) is 102 cm³/mol. The SMILES string of the molecule is CC(C)CC(N)C(=O)NC(CC(=O)O)C(=O)NC(C)C(=O)N1CCCC1C(=O)O. The van der Waals surface area contributed by atoms with Gasteiger partial charge in [0.05, 0.1) is 12.5 Å². The predicted octanol–water partition coefficient (Wildman–Crippen LogP) is -1.10. The molecular formula is C18H30N4O7. The Bertz CT molecular complexity index is 652. The number of carboxylic acids is 2. The van der Waals surface area contributed by atoms with Gasteiger partial charge in [0.1, 0.15) is 18.1 Å². The summed E-state index contributed by atoms with van der Waals surface area (Å²) < 4.78 is 0.